The van der Waals surface area contributed by atoms with E-state index in [1.807, 2.05) is 0 Å². The minimum absolute atomic E-state index is 0.202. The number of allylic oxidation sites excluding steroid dienone is 2. The fourth-order valence-electron chi connectivity index (χ4n) is 5.02. The van der Waals surface area contributed by atoms with Crippen LogP contribution in [0.5, 0.6) is 0 Å². The number of hydrogen-bond donors (Lipinski definition) is 2. The van der Waals surface area contributed by atoms with Crippen molar-refractivity contribution in [2.75, 3.05) is 6.79 Å². The van der Waals surface area contributed by atoms with E-state index >= 15 is 0 Å². The van der Waals surface area contributed by atoms with Crippen molar-refractivity contribution in [3.8, 4) is 0 Å². The van der Waals surface area contributed by atoms with Gasteiger partial charge in [0.25, 0.3) is 0 Å². The van der Waals surface area contributed by atoms with Gasteiger partial charge in [-0.2, -0.15) is 0 Å². The van der Waals surface area contributed by atoms with Crippen LogP contribution < -0.4 is 0 Å². The number of unbranched alkanes of at least 4 members (excludes halogenated alkanes) is 16. The Morgan fingerprint density at radius 1 is 0.512 bits per heavy atom. The largest absolute Gasteiger partial charge is 0.428 e. The normalized spacial score (nSPS) is 13.1. The summed E-state index contributed by atoms with van der Waals surface area (Å²) < 4.78 is 10.1. The molecule has 6 heteroatoms. The van der Waals surface area contributed by atoms with Gasteiger partial charge < -0.3 is 19.7 Å². The number of esters is 2. The molecule has 0 heterocycles. The molecular weight excluding hydrogens is 540 g/mol. The predicted molar refractivity (Wildman–Crippen MR) is 179 cm³/mol. The van der Waals surface area contributed by atoms with Gasteiger partial charge in [-0.05, 0) is 64.2 Å². The van der Waals surface area contributed by atoms with Crippen LogP contribution in [0.15, 0.2) is 24.3 Å². The highest BCUT2D eigenvalue weighted by atomic mass is 16.7. The molecule has 6 nitrogen and oxygen atoms in total. The summed E-state index contributed by atoms with van der Waals surface area (Å²) in [5.74, 6) is -0.612. The number of rotatable bonds is 32. The summed E-state index contributed by atoms with van der Waals surface area (Å²) in [5, 5.41) is 19.9. The van der Waals surface area contributed by atoms with Crippen molar-refractivity contribution < 1.29 is 29.3 Å². The molecule has 0 bridgehead atoms. The van der Waals surface area contributed by atoms with Crippen LogP contribution in [0.3, 0.4) is 0 Å². The predicted octanol–water partition coefficient (Wildman–Crippen LogP) is 10.0. The Bertz CT molecular complexity index is 618. The molecular formula is C37H68O6. The standard InChI is InChI=1S/C37H68O6/c1-3-5-7-21-27-34(38)29-23-17-13-9-11-15-19-25-31-36(40)42-33-43-37(41)32-26-20-16-12-10-14-18-24-30-35(39)28-22-8-6-4-2/h17-18,23-24,34-35,38-39H,3-16,19-22,25-33H2,1-2H3/b23-17-,24-18-. The summed E-state index contributed by atoms with van der Waals surface area (Å²) >= 11 is 0. The molecule has 0 aromatic heterocycles. The number of carbonyl (C=O) groups is 2. The van der Waals surface area contributed by atoms with Crippen molar-refractivity contribution in [3.05, 3.63) is 24.3 Å². The van der Waals surface area contributed by atoms with E-state index in [-0.39, 0.29) is 30.9 Å². The van der Waals surface area contributed by atoms with Crippen molar-refractivity contribution >= 4 is 11.9 Å². The Kier molecular flexibility index (Phi) is 32.0. The summed E-state index contributed by atoms with van der Waals surface area (Å²) in [6.07, 6.45) is 34.3. The third-order valence-electron chi connectivity index (χ3n) is 7.87. The van der Waals surface area contributed by atoms with Gasteiger partial charge in [0.2, 0.25) is 6.79 Å². The zero-order chi connectivity index (χ0) is 31.6. The van der Waals surface area contributed by atoms with Gasteiger partial charge in [-0.1, -0.05) is 128 Å². The molecule has 0 saturated heterocycles. The van der Waals surface area contributed by atoms with Gasteiger partial charge in [0.05, 0.1) is 12.2 Å². The maximum atomic E-state index is 11.8. The highest BCUT2D eigenvalue weighted by Gasteiger charge is 2.07. The van der Waals surface area contributed by atoms with Crippen molar-refractivity contribution in [1.82, 2.24) is 0 Å². The van der Waals surface area contributed by atoms with Crippen LogP contribution in [0.25, 0.3) is 0 Å². The van der Waals surface area contributed by atoms with Crippen LogP contribution in [0.4, 0.5) is 0 Å². The van der Waals surface area contributed by atoms with E-state index < -0.39 is 0 Å². The molecule has 252 valence electrons. The number of carbonyl (C=O) groups excluding carboxylic acids is 2. The molecule has 0 fully saturated rings. The molecule has 0 aromatic rings. The lowest BCUT2D eigenvalue weighted by Crippen LogP contribution is -2.12. The lowest BCUT2D eigenvalue weighted by atomic mass is 10.1. The first-order valence-electron chi connectivity index (χ1n) is 18.0. The van der Waals surface area contributed by atoms with Crippen LogP contribution in [-0.4, -0.2) is 41.2 Å². The number of aliphatic hydroxyl groups is 2. The summed E-state index contributed by atoms with van der Waals surface area (Å²) in [7, 11) is 0. The van der Waals surface area contributed by atoms with Gasteiger partial charge in [0.15, 0.2) is 0 Å². The molecule has 0 aliphatic rings. The van der Waals surface area contributed by atoms with E-state index in [2.05, 4.69) is 38.2 Å². The second-order valence-corrected chi connectivity index (χ2v) is 12.2. The molecule has 0 aromatic carbocycles. The van der Waals surface area contributed by atoms with Crippen molar-refractivity contribution in [2.45, 2.75) is 193 Å². The topological polar surface area (TPSA) is 93.1 Å². The molecule has 0 radical (unpaired) electrons. The van der Waals surface area contributed by atoms with Crippen LogP contribution in [-0.2, 0) is 19.1 Å². The third-order valence-corrected chi connectivity index (χ3v) is 7.87. The maximum Gasteiger partial charge on any atom is 0.308 e. The third kappa shape index (κ3) is 33.1. The molecule has 0 rings (SSSR count). The number of hydrogen-bond acceptors (Lipinski definition) is 6. The zero-order valence-electron chi connectivity index (χ0n) is 28.1. The SMILES string of the molecule is CCCCCCC(O)C/C=C\CCCCCCCC(=O)OCOC(=O)CCCCCCC/C=C\CC(O)CCCCCC. The van der Waals surface area contributed by atoms with E-state index in [0.717, 1.165) is 116 Å². The fourth-order valence-corrected chi connectivity index (χ4v) is 5.02. The zero-order valence-corrected chi connectivity index (χ0v) is 28.1. The van der Waals surface area contributed by atoms with Crippen LogP contribution in [0.1, 0.15) is 181 Å². The summed E-state index contributed by atoms with van der Waals surface area (Å²) in [6, 6.07) is 0. The maximum absolute atomic E-state index is 11.8. The first-order valence-corrected chi connectivity index (χ1v) is 18.0. The number of aliphatic hydroxyl groups excluding tert-OH is 2. The Labute approximate surface area is 265 Å². The molecule has 2 N–H and O–H groups in total. The van der Waals surface area contributed by atoms with Crippen LogP contribution in [0, 0.1) is 0 Å². The second kappa shape index (κ2) is 33.2. The van der Waals surface area contributed by atoms with Crippen LogP contribution in [0.2, 0.25) is 0 Å². The molecule has 2 unspecified atom stereocenters. The first kappa shape index (κ1) is 41.3. The average molecular weight is 609 g/mol. The summed E-state index contributed by atoms with van der Waals surface area (Å²) in [5.41, 5.74) is 0. The molecule has 0 amide bonds. The highest BCUT2D eigenvalue weighted by Crippen LogP contribution is 2.12. The van der Waals surface area contributed by atoms with Crippen LogP contribution >= 0.6 is 0 Å². The molecule has 0 spiro atoms. The van der Waals surface area contributed by atoms with Gasteiger partial charge in [-0.15, -0.1) is 0 Å². The lowest BCUT2D eigenvalue weighted by Gasteiger charge is -2.07. The quantitative estimate of drug-likeness (QED) is 0.0342. The van der Waals surface area contributed by atoms with Gasteiger partial charge in [0.1, 0.15) is 0 Å². The molecule has 0 saturated carbocycles. The van der Waals surface area contributed by atoms with Crippen molar-refractivity contribution in [1.29, 1.82) is 0 Å². The summed E-state index contributed by atoms with van der Waals surface area (Å²) in [4.78, 5) is 23.7. The van der Waals surface area contributed by atoms with Gasteiger partial charge in [-0.25, -0.2) is 0 Å². The lowest BCUT2D eigenvalue weighted by molar-refractivity contribution is -0.167. The highest BCUT2D eigenvalue weighted by molar-refractivity contribution is 5.70. The van der Waals surface area contributed by atoms with E-state index in [1.165, 1.54) is 38.5 Å². The van der Waals surface area contributed by atoms with Crippen molar-refractivity contribution in [3.63, 3.8) is 0 Å². The second-order valence-electron chi connectivity index (χ2n) is 12.2. The van der Waals surface area contributed by atoms with E-state index in [1.54, 1.807) is 0 Å². The van der Waals surface area contributed by atoms with Gasteiger partial charge in [0, 0.05) is 12.8 Å². The molecule has 43 heavy (non-hydrogen) atoms. The van der Waals surface area contributed by atoms with Crippen molar-refractivity contribution in [2.24, 2.45) is 0 Å². The fraction of sp³-hybridized carbons (Fsp3) is 0.838. The minimum atomic E-state index is -0.306. The monoisotopic (exact) mass is 609 g/mol. The molecule has 0 aliphatic carbocycles. The van der Waals surface area contributed by atoms with Gasteiger partial charge in [-0.3, -0.25) is 9.59 Å². The van der Waals surface area contributed by atoms with E-state index in [0.29, 0.717) is 12.8 Å². The minimum Gasteiger partial charge on any atom is -0.428 e. The van der Waals surface area contributed by atoms with E-state index in [9.17, 15) is 19.8 Å². The Balaban J connectivity index is 3.45. The molecule has 0 aliphatic heterocycles. The van der Waals surface area contributed by atoms with E-state index in [4.69, 9.17) is 9.47 Å². The molecule has 2 atom stereocenters. The Morgan fingerprint density at radius 2 is 0.884 bits per heavy atom. The number of ether oxygens (including phenoxy) is 2. The summed E-state index contributed by atoms with van der Waals surface area (Å²) in [6.45, 7) is 4.12. The smallest absolute Gasteiger partial charge is 0.308 e. The average Bonchev–Trinajstić information content (AvgIpc) is 2.99. The Morgan fingerprint density at radius 3 is 1.30 bits per heavy atom. The first-order chi connectivity index (χ1) is 21.0. The Hall–Kier alpha value is -1.66. The van der Waals surface area contributed by atoms with Gasteiger partial charge >= 0.3 is 11.9 Å².